The maximum atomic E-state index is 13.5. The van der Waals surface area contributed by atoms with E-state index in [1.54, 1.807) is 4.90 Å². The highest BCUT2D eigenvalue weighted by Crippen LogP contribution is 2.33. The first-order valence-corrected chi connectivity index (χ1v) is 12.7. The number of hydrogen-bond acceptors (Lipinski definition) is 5. The van der Waals surface area contributed by atoms with E-state index < -0.39 is 10.0 Å². The molecule has 3 aromatic rings. The molecule has 1 aliphatic heterocycles. The van der Waals surface area contributed by atoms with Gasteiger partial charge in [-0.1, -0.05) is 47.7 Å². The summed E-state index contributed by atoms with van der Waals surface area (Å²) in [7, 11) is -3.22. The minimum absolute atomic E-state index is 0.0165. The molecule has 4 rings (SSSR count). The number of benzene rings is 2. The van der Waals surface area contributed by atoms with Crippen molar-refractivity contribution < 1.29 is 13.2 Å². The molecule has 0 bridgehead atoms. The van der Waals surface area contributed by atoms with Crippen molar-refractivity contribution in [3.8, 4) is 0 Å². The predicted molar refractivity (Wildman–Crippen MR) is 121 cm³/mol. The molecule has 30 heavy (non-hydrogen) atoms. The average Bonchev–Trinajstić information content (AvgIpc) is 3.14. The topological polar surface area (TPSA) is 70.6 Å². The summed E-state index contributed by atoms with van der Waals surface area (Å²) in [5.41, 5.74) is 3.08. The maximum Gasteiger partial charge on any atom is 0.232 e. The summed E-state index contributed by atoms with van der Waals surface area (Å²) in [6, 6.07) is 16.0. The smallest absolute Gasteiger partial charge is 0.232 e. The van der Waals surface area contributed by atoms with Crippen molar-refractivity contribution in [2.45, 2.75) is 26.3 Å². The third-order valence-electron chi connectivity index (χ3n) is 5.49. The van der Waals surface area contributed by atoms with Crippen LogP contribution in [0.5, 0.6) is 0 Å². The molecule has 8 heteroatoms. The number of aryl methyl sites for hydroxylation is 1. The van der Waals surface area contributed by atoms with Gasteiger partial charge in [-0.15, -0.1) is 0 Å². The lowest BCUT2D eigenvalue weighted by Crippen LogP contribution is -2.44. The van der Waals surface area contributed by atoms with Gasteiger partial charge in [-0.05, 0) is 43.0 Å². The van der Waals surface area contributed by atoms with Crippen molar-refractivity contribution in [2.75, 3.05) is 24.2 Å². The molecular weight excluding hydrogens is 418 g/mol. The van der Waals surface area contributed by atoms with Gasteiger partial charge in [-0.3, -0.25) is 9.69 Å². The van der Waals surface area contributed by atoms with Crippen LogP contribution in [0.1, 0.15) is 24.0 Å². The first-order valence-electron chi connectivity index (χ1n) is 9.99. The third-order valence-corrected chi connectivity index (χ3v) is 7.83. The molecule has 6 nitrogen and oxygen atoms in total. The Balaban J connectivity index is 1.62. The molecule has 0 spiro atoms. The van der Waals surface area contributed by atoms with Crippen LogP contribution >= 0.6 is 11.3 Å². The molecule has 0 atom stereocenters. The first kappa shape index (κ1) is 21.0. The number of anilines is 1. The predicted octanol–water partition coefficient (Wildman–Crippen LogP) is 3.81. The molecule has 0 radical (unpaired) electrons. The van der Waals surface area contributed by atoms with Crippen LogP contribution in [0.15, 0.2) is 48.5 Å². The normalized spacial score (nSPS) is 16.1. The number of nitrogens with zero attached hydrogens (tertiary/aromatic N) is 3. The second kappa shape index (κ2) is 8.45. The SMILES string of the molecule is Cc1ccc2nc(N(Cc3ccccc3)C(=O)C3CCN(S(C)(=O)=O)CC3)sc2c1. The number of aromatic nitrogens is 1. The molecule has 1 amide bonds. The number of fused-ring (bicyclic) bond motifs is 1. The maximum absolute atomic E-state index is 13.5. The van der Waals surface area contributed by atoms with E-state index in [9.17, 15) is 13.2 Å². The molecule has 1 aromatic heterocycles. The third kappa shape index (κ3) is 4.55. The van der Waals surface area contributed by atoms with E-state index in [1.165, 1.54) is 21.9 Å². The van der Waals surface area contributed by atoms with Gasteiger partial charge in [0.15, 0.2) is 5.13 Å². The Bertz CT molecular complexity index is 1150. The summed E-state index contributed by atoms with van der Waals surface area (Å²) in [6.45, 7) is 3.26. The zero-order valence-corrected chi connectivity index (χ0v) is 18.7. The van der Waals surface area contributed by atoms with Crippen molar-refractivity contribution in [2.24, 2.45) is 5.92 Å². The second-order valence-corrected chi connectivity index (χ2v) is 10.8. The monoisotopic (exact) mass is 443 g/mol. The molecule has 2 aromatic carbocycles. The zero-order valence-electron chi connectivity index (χ0n) is 17.1. The van der Waals surface area contributed by atoms with Gasteiger partial charge in [0, 0.05) is 19.0 Å². The van der Waals surface area contributed by atoms with Gasteiger partial charge < -0.3 is 0 Å². The molecule has 1 aliphatic rings. The quantitative estimate of drug-likeness (QED) is 0.601. The first-order chi connectivity index (χ1) is 14.3. The van der Waals surface area contributed by atoms with Crippen LogP contribution in [-0.2, 0) is 21.4 Å². The van der Waals surface area contributed by atoms with E-state index in [0.29, 0.717) is 37.6 Å². The Morgan fingerprint density at radius 2 is 1.87 bits per heavy atom. The largest absolute Gasteiger partial charge is 0.283 e. The molecule has 158 valence electrons. The van der Waals surface area contributed by atoms with Crippen LogP contribution in [0.4, 0.5) is 5.13 Å². The molecule has 1 saturated heterocycles. The van der Waals surface area contributed by atoms with Gasteiger partial charge >= 0.3 is 0 Å². The Labute approximate surface area is 181 Å². The molecule has 0 aliphatic carbocycles. The van der Waals surface area contributed by atoms with Crippen molar-refractivity contribution in [3.05, 3.63) is 59.7 Å². The number of sulfonamides is 1. The van der Waals surface area contributed by atoms with Crippen LogP contribution in [0.3, 0.4) is 0 Å². The highest BCUT2D eigenvalue weighted by Gasteiger charge is 2.33. The second-order valence-electron chi connectivity index (χ2n) is 7.81. The van der Waals surface area contributed by atoms with Crippen LogP contribution in [0, 0.1) is 12.8 Å². The minimum atomic E-state index is -3.22. The number of hydrogen-bond donors (Lipinski definition) is 0. The average molecular weight is 444 g/mol. The van der Waals surface area contributed by atoms with Crippen LogP contribution in [0.25, 0.3) is 10.2 Å². The minimum Gasteiger partial charge on any atom is -0.283 e. The van der Waals surface area contributed by atoms with E-state index >= 15 is 0 Å². The van der Waals surface area contributed by atoms with Crippen LogP contribution in [-0.4, -0.2) is 43.0 Å². The van der Waals surface area contributed by atoms with Crippen molar-refractivity contribution in [1.82, 2.24) is 9.29 Å². The fourth-order valence-corrected chi connectivity index (χ4v) is 5.74. The van der Waals surface area contributed by atoms with Gasteiger partial charge in [-0.25, -0.2) is 17.7 Å². The lowest BCUT2D eigenvalue weighted by Gasteiger charge is -2.32. The highest BCUT2D eigenvalue weighted by atomic mass is 32.2. The van der Waals surface area contributed by atoms with Crippen LogP contribution in [0.2, 0.25) is 0 Å². The number of rotatable bonds is 5. The molecule has 1 fully saturated rings. The number of carbonyl (C=O) groups excluding carboxylic acids is 1. The molecule has 0 unspecified atom stereocenters. The van der Waals surface area contributed by atoms with Crippen molar-refractivity contribution in [1.29, 1.82) is 0 Å². The van der Waals surface area contributed by atoms with Crippen LogP contribution < -0.4 is 4.90 Å². The van der Waals surface area contributed by atoms with E-state index in [-0.39, 0.29) is 11.8 Å². The Morgan fingerprint density at radius 1 is 1.17 bits per heavy atom. The zero-order chi connectivity index (χ0) is 21.3. The summed E-state index contributed by atoms with van der Waals surface area (Å²) < 4.78 is 26.1. The van der Waals surface area contributed by atoms with Crippen molar-refractivity contribution in [3.63, 3.8) is 0 Å². The molecule has 2 heterocycles. The van der Waals surface area contributed by atoms with Gasteiger partial charge in [-0.2, -0.15) is 0 Å². The van der Waals surface area contributed by atoms with Gasteiger partial charge in [0.05, 0.1) is 23.0 Å². The fraction of sp³-hybridized carbons (Fsp3) is 0.364. The lowest BCUT2D eigenvalue weighted by atomic mass is 9.96. The lowest BCUT2D eigenvalue weighted by molar-refractivity contribution is -0.123. The molecule has 0 N–H and O–H groups in total. The van der Waals surface area contributed by atoms with Crippen molar-refractivity contribution >= 4 is 42.6 Å². The van der Waals surface area contributed by atoms with Gasteiger partial charge in [0.25, 0.3) is 0 Å². The van der Waals surface area contributed by atoms with E-state index in [0.717, 1.165) is 21.3 Å². The summed E-state index contributed by atoms with van der Waals surface area (Å²) in [6.07, 6.45) is 2.28. The summed E-state index contributed by atoms with van der Waals surface area (Å²) in [5.74, 6) is -0.191. The fourth-order valence-electron chi connectivity index (χ4n) is 3.80. The summed E-state index contributed by atoms with van der Waals surface area (Å²) >= 11 is 1.52. The number of thiazole rings is 1. The number of piperidine rings is 1. The standard InChI is InChI=1S/C22H25N3O3S2/c1-16-8-9-19-20(14-16)29-22(23-19)25(15-17-6-4-3-5-7-17)21(26)18-10-12-24(13-11-18)30(2,27)28/h3-9,14,18H,10-13,15H2,1-2H3. The summed E-state index contributed by atoms with van der Waals surface area (Å²) in [5, 5.41) is 0.690. The van der Waals surface area contributed by atoms with Gasteiger partial charge in [0.1, 0.15) is 0 Å². The number of amides is 1. The Kier molecular flexibility index (Phi) is 5.90. The van der Waals surface area contributed by atoms with E-state index in [2.05, 4.69) is 6.07 Å². The van der Waals surface area contributed by atoms with Gasteiger partial charge in [0.2, 0.25) is 15.9 Å². The number of carbonyl (C=O) groups is 1. The Hall–Kier alpha value is -2.29. The Morgan fingerprint density at radius 3 is 2.53 bits per heavy atom. The molecule has 0 saturated carbocycles. The molecular formula is C22H25N3O3S2. The summed E-state index contributed by atoms with van der Waals surface area (Å²) in [4.78, 5) is 20.0. The van der Waals surface area contributed by atoms with E-state index in [1.807, 2.05) is 49.4 Å². The van der Waals surface area contributed by atoms with E-state index in [4.69, 9.17) is 4.98 Å². The highest BCUT2D eigenvalue weighted by molar-refractivity contribution is 7.88.